The highest BCUT2D eigenvalue weighted by Gasteiger charge is 2.49. The van der Waals surface area contributed by atoms with E-state index in [1.165, 1.54) is 11.3 Å². The fourth-order valence-corrected chi connectivity index (χ4v) is 4.72. The third kappa shape index (κ3) is 2.59. The van der Waals surface area contributed by atoms with Gasteiger partial charge in [0.1, 0.15) is 0 Å². The molecule has 1 N–H and O–H groups in total. The van der Waals surface area contributed by atoms with Crippen molar-refractivity contribution >= 4 is 22.4 Å². The van der Waals surface area contributed by atoms with E-state index >= 15 is 0 Å². The first-order chi connectivity index (χ1) is 13.1. The van der Waals surface area contributed by atoms with Gasteiger partial charge in [-0.1, -0.05) is 30.3 Å². The van der Waals surface area contributed by atoms with Gasteiger partial charge in [0.05, 0.1) is 5.41 Å². The highest BCUT2D eigenvalue weighted by atomic mass is 32.1. The Kier molecular flexibility index (Phi) is 3.68. The van der Waals surface area contributed by atoms with Gasteiger partial charge in [0, 0.05) is 17.5 Å². The Hall–Kier alpha value is -2.86. The summed E-state index contributed by atoms with van der Waals surface area (Å²) in [6.45, 7) is 2.27. The summed E-state index contributed by atoms with van der Waals surface area (Å²) < 4.78 is 11.1. The molecule has 3 aromatic rings. The Morgan fingerprint density at radius 2 is 2.00 bits per heavy atom. The van der Waals surface area contributed by atoms with Gasteiger partial charge < -0.3 is 14.8 Å². The summed E-state index contributed by atoms with van der Waals surface area (Å²) in [5.74, 6) is 1.41. The Balaban J connectivity index is 1.61. The zero-order chi connectivity index (χ0) is 18.4. The molecular formula is C21H18N2O3S. The summed E-state index contributed by atoms with van der Waals surface area (Å²) in [7, 11) is 0. The van der Waals surface area contributed by atoms with E-state index in [9.17, 15) is 4.79 Å². The third-order valence-corrected chi connectivity index (χ3v) is 6.13. The molecule has 1 aliphatic carbocycles. The van der Waals surface area contributed by atoms with Crippen LogP contribution in [0, 0.1) is 5.41 Å². The number of amides is 1. The van der Waals surface area contributed by atoms with Gasteiger partial charge in [-0.15, -0.1) is 11.3 Å². The molecule has 1 aliphatic heterocycles. The number of ether oxygens (including phenoxy) is 2. The van der Waals surface area contributed by atoms with Gasteiger partial charge in [-0.3, -0.25) is 4.79 Å². The van der Waals surface area contributed by atoms with E-state index in [4.69, 9.17) is 9.47 Å². The molecule has 2 aliphatic rings. The van der Waals surface area contributed by atoms with Crippen LogP contribution in [-0.4, -0.2) is 17.7 Å². The Morgan fingerprint density at radius 3 is 2.74 bits per heavy atom. The molecule has 1 aromatic heterocycles. The van der Waals surface area contributed by atoms with Crippen LogP contribution >= 0.6 is 11.3 Å². The molecule has 1 amide bonds. The highest BCUT2D eigenvalue weighted by Crippen LogP contribution is 2.54. The molecule has 136 valence electrons. The van der Waals surface area contributed by atoms with E-state index in [1.807, 2.05) is 42.6 Å². The minimum atomic E-state index is -0.634. The summed E-state index contributed by atoms with van der Waals surface area (Å²) in [6.07, 6.45) is 2.33. The number of rotatable bonds is 3. The number of benzene rings is 2. The first-order valence-electron chi connectivity index (χ1n) is 8.83. The predicted octanol–water partition coefficient (Wildman–Crippen LogP) is 4.20. The number of carbonyl (C=O) groups is 1. The molecule has 27 heavy (non-hydrogen) atoms. The lowest BCUT2D eigenvalue weighted by atomic mass is 9.73. The Labute approximate surface area is 161 Å². The van der Waals surface area contributed by atoms with Gasteiger partial charge in [-0.05, 0) is 42.2 Å². The van der Waals surface area contributed by atoms with Gasteiger partial charge >= 0.3 is 0 Å². The molecule has 5 nitrogen and oxygen atoms in total. The molecule has 2 heterocycles. The number of thiazole rings is 1. The van der Waals surface area contributed by atoms with E-state index in [0.29, 0.717) is 11.6 Å². The lowest BCUT2D eigenvalue weighted by molar-refractivity contribution is -0.125. The number of nitrogens with zero attached hydrogens (tertiary/aromatic N) is 1. The zero-order valence-corrected chi connectivity index (χ0v) is 15.6. The summed E-state index contributed by atoms with van der Waals surface area (Å²) in [6, 6.07) is 14.2. The first kappa shape index (κ1) is 16.3. The SMILES string of the molecule is C[C@@]1(C(=O)Nc2nccs2)Cc2cc3c(cc2[C@@H]1c1ccccc1)OCO3. The summed E-state index contributed by atoms with van der Waals surface area (Å²) in [4.78, 5) is 17.5. The molecule has 0 saturated carbocycles. The topological polar surface area (TPSA) is 60.5 Å². The summed E-state index contributed by atoms with van der Waals surface area (Å²) in [5.41, 5.74) is 2.74. The largest absolute Gasteiger partial charge is 0.454 e. The minimum Gasteiger partial charge on any atom is -0.454 e. The maximum Gasteiger partial charge on any atom is 0.233 e. The predicted molar refractivity (Wildman–Crippen MR) is 103 cm³/mol. The second kappa shape index (κ2) is 6.09. The van der Waals surface area contributed by atoms with Crippen molar-refractivity contribution in [3.8, 4) is 11.5 Å². The normalized spacial score (nSPS) is 22.5. The van der Waals surface area contributed by atoms with E-state index < -0.39 is 5.41 Å². The van der Waals surface area contributed by atoms with Gasteiger partial charge in [0.25, 0.3) is 0 Å². The Morgan fingerprint density at radius 1 is 1.22 bits per heavy atom. The van der Waals surface area contributed by atoms with Crippen LogP contribution in [0.25, 0.3) is 0 Å². The molecule has 0 bridgehead atoms. The fraction of sp³-hybridized carbons (Fsp3) is 0.238. The molecule has 0 saturated heterocycles. The van der Waals surface area contributed by atoms with Crippen LogP contribution in [0.15, 0.2) is 54.0 Å². The first-order valence-corrected chi connectivity index (χ1v) is 9.71. The molecule has 0 radical (unpaired) electrons. The quantitative estimate of drug-likeness (QED) is 0.742. The number of fused-ring (bicyclic) bond motifs is 2. The van der Waals surface area contributed by atoms with Crippen LogP contribution in [0.1, 0.15) is 29.5 Å². The van der Waals surface area contributed by atoms with Gasteiger partial charge in [0.15, 0.2) is 16.6 Å². The van der Waals surface area contributed by atoms with Crippen molar-refractivity contribution in [2.45, 2.75) is 19.3 Å². The number of nitrogens with one attached hydrogen (secondary N) is 1. The Bertz CT molecular complexity index is 1000. The van der Waals surface area contributed by atoms with Crippen LogP contribution in [0.4, 0.5) is 5.13 Å². The van der Waals surface area contributed by atoms with Crippen molar-refractivity contribution in [2.24, 2.45) is 5.41 Å². The lowest BCUT2D eigenvalue weighted by Gasteiger charge is -2.30. The highest BCUT2D eigenvalue weighted by molar-refractivity contribution is 7.13. The van der Waals surface area contributed by atoms with Crippen LogP contribution in [0.5, 0.6) is 11.5 Å². The van der Waals surface area contributed by atoms with Gasteiger partial charge in [-0.25, -0.2) is 4.98 Å². The maximum absolute atomic E-state index is 13.3. The number of hydrogen-bond acceptors (Lipinski definition) is 5. The van der Waals surface area contributed by atoms with E-state index in [0.717, 1.165) is 28.2 Å². The summed E-state index contributed by atoms with van der Waals surface area (Å²) >= 11 is 1.42. The second-order valence-electron chi connectivity index (χ2n) is 7.13. The van der Waals surface area contributed by atoms with Crippen molar-refractivity contribution in [3.63, 3.8) is 0 Å². The van der Waals surface area contributed by atoms with Crippen molar-refractivity contribution < 1.29 is 14.3 Å². The van der Waals surface area contributed by atoms with Crippen molar-refractivity contribution in [2.75, 3.05) is 12.1 Å². The standard InChI is InChI=1S/C21H18N2O3S/c1-21(19(24)23-20-22-7-8-27-20)11-14-9-16-17(26-12-25-16)10-15(14)18(21)13-5-3-2-4-6-13/h2-10,18H,11-12H2,1H3,(H,22,23,24)/t18-,21+/m0/s1. The molecule has 0 fully saturated rings. The minimum absolute atomic E-state index is 0.0236. The molecule has 2 aromatic carbocycles. The van der Waals surface area contributed by atoms with Crippen molar-refractivity contribution in [3.05, 3.63) is 70.7 Å². The zero-order valence-electron chi connectivity index (χ0n) is 14.8. The van der Waals surface area contributed by atoms with Crippen molar-refractivity contribution in [1.29, 1.82) is 0 Å². The number of anilines is 1. The molecule has 6 heteroatoms. The van der Waals surface area contributed by atoms with Gasteiger partial charge in [0.2, 0.25) is 12.7 Å². The van der Waals surface area contributed by atoms with Crippen LogP contribution in [0.2, 0.25) is 0 Å². The fourth-order valence-electron chi connectivity index (χ4n) is 4.19. The van der Waals surface area contributed by atoms with Crippen LogP contribution in [0.3, 0.4) is 0 Å². The van der Waals surface area contributed by atoms with E-state index in [-0.39, 0.29) is 18.6 Å². The lowest BCUT2D eigenvalue weighted by Crippen LogP contribution is -2.37. The number of carbonyl (C=O) groups excluding carboxylic acids is 1. The average Bonchev–Trinajstić information content (AvgIpc) is 3.39. The maximum atomic E-state index is 13.3. The number of aromatic nitrogens is 1. The molecule has 0 spiro atoms. The van der Waals surface area contributed by atoms with Crippen LogP contribution in [-0.2, 0) is 11.2 Å². The van der Waals surface area contributed by atoms with E-state index in [1.54, 1.807) is 6.20 Å². The molecular weight excluding hydrogens is 360 g/mol. The van der Waals surface area contributed by atoms with E-state index in [2.05, 4.69) is 22.4 Å². The average molecular weight is 378 g/mol. The smallest absolute Gasteiger partial charge is 0.233 e. The number of hydrogen-bond donors (Lipinski definition) is 1. The monoisotopic (exact) mass is 378 g/mol. The van der Waals surface area contributed by atoms with Crippen LogP contribution < -0.4 is 14.8 Å². The summed E-state index contributed by atoms with van der Waals surface area (Å²) in [5, 5.41) is 5.48. The second-order valence-corrected chi connectivity index (χ2v) is 8.03. The van der Waals surface area contributed by atoms with Crippen molar-refractivity contribution in [1.82, 2.24) is 4.98 Å². The molecule has 5 rings (SSSR count). The molecule has 2 atom stereocenters. The third-order valence-electron chi connectivity index (χ3n) is 5.44. The van der Waals surface area contributed by atoms with Gasteiger partial charge in [-0.2, -0.15) is 0 Å². The molecule has 0 unspecified atom stereocenters.